The Balaban J connectivity index is 2.07. The largest absolute Gasteiger partial charge is 0.492 e. The lowest BCUT2D eigenvalue weighted by Gasteiger charge is -2.12. The molecule has 0 amide bonds. The first-order chi connectivity index (χ1) is 8.65. The Morgan fingerprint density at radius 3 is 2.39 bits per heavy atom. The molecule has 1 aliphatic heterocycles. The van der Waals surface area contributed by atoms with Gasteiger partial charge in [-0.15, -0.1) is 0 Å². The molecule has 1 heterocycles. The smallest absolute Gasteiger partial charge is 0.123 e. The SMILES string of the molecule is Cc1ccc(C2COc3cc(C)cc(C)c32)cc1. The van der Waals surface area contributed by atoms with Crippen LogP contribution in [-0.2, 0) is 0 Å². The van der Waals surface area contributed by atoms with Crippen LogP contribution in [0, 0.1) is 20.8 Å². The van der Waals surface area contributed by atoms with Crippen molar-refractivity contribution in [2.24, 2.45) is 0 Å². The van der Waals surface area contributed by atoms with Gasteiger partial charge in [-0.25, -0.2) is 0 Å². The van der Waals surface area contributed by atoms with Crippen molar-refractivity contribution in [2.75, 3.05) is 6.61 Å². The number of benzene rings is 2. The summed E-state index contributed by atoms with van der Waals surface area (Å²) in [6.07, 6.45) is 0. The lowest BCUT2D eigenvalue weighted by molar-refractivity contribution is 0.343. The van der Waals surface area contributed by atoms with Crippen molar-refractivity contribution in [3.05, 3.63) is 64.2 Å². The predicted octanol–water partition coefficient (Wildman–Crippen LogP) is 4.14. The van der Waals surface area contributed by atoms with Crippen LogP contribution in [-0.4, -0.2) is 6.61 Å². The molecular weight excluding hydrogens is 220 g/mol. The summed E-state index contributed by atoms with van der Waals surface area (Å²) in [4.78, 5) is 0. The molecule has 0 saturated heterocycles. The van der Waals surface area contributed by atoms with Crippen molar-refractivity contribution in [2.45, 2.75) is 26.7 Å². The zero-order valence-corrected chi connectivity index (χ0v) is 11.2. The van der Waals surface area contributed by atoms with Gasteiger partial charge >= 0.3 is 0 Å². The molecule has 1 heteroatoms. The lowest BCUT2D eigenvalue weighted by atomic mass is 9.89. The van der Waals surface area contributed by atoms with E-state index in [9.17, 15) is 0 Å². The molecule has 0 saturated carbocycles. The molecule has 1 nitrogen and oxygen atoms in total. The molecule has 92 valence electrons. The van der Waals surface area contributed by atoms with Gasteiger partial charge in [0.2, 0.25) is 0 Å². The Morgan fingerprint density at radius 1 is 0.944 bits per heavy atom. The Hall–Kier alpha value is -1.76. The van der Waals surface area contributed by atoms with Gasteiger partial charge in [-0.2, -0.15) is 0 Å². The first-order valence-electron chi connectivity index (χ1n) is 6.45. The standard InChI is InChI=1S/C17H18O/c1-11-4-6-14(7-5-11)15-10-18-16-9-12(2)8-13(3)17(15)16/h4-9,15H,10H2,1-3H3. The molecule has 1 unspecified atom stereocenters. The zero-order valence-electron chi connectivity index (χ0n) is 11.2. The van der Waals surface area contributed by atoms with Gasteiger partial charge in [0.1, 0.15) is 5.75 Å². The van der Waals surface area contributed by atoms with Gasteiger partial charge < -0.3 is 4.74 Å². The first-order valence-corrected chi connectivity index (χ1v) is 6.45. The average molecular weight is 238 g/mol. The number of fused-ring (bicyclic) bond motifs is 1. The molecule has 2 aromatic carbocycles. The van der Waals surface area contributed by atoms with E-state index in [2.05, 4.69) is 57.2 Å². The number of aryl methyl sites for hydroxylation is 3. The van der Waals surface area contributed by atoms with Crippen molar-refractivity contribution in [1.82, 2.24) is 0 Å². The van der Waals surface area contributed by atoms with Crippen LogP contribution in [0.15, 0.2) is 36.4 Å². The van der Waals surface area contributed by atoms with Crippen molar-refractivity contribution < 1.29 is 4.74 Å². The predicted molar refractivity (Wildman–Crippen MR) is 74.4 cm³/mol. The van der Waals surface area contributed by atoms with E-state index in [1.165, 1.54) is 27.8 Å². The van der Waals surface area contributed by atoms with Gasteiger partial charge in [-0.1, -0.05) is 35.9 Å². The molecule has 0 spiro atoms. The molecule has 0 fully saturated rings. The summed E-state index contributed by atoms with van der Waals surface area (Å²) >= 11 is 0. The van der Waals surface area contributed by atoms with Crippen LogP contribution >= 0.6 is 0 Å². The minimum atomic E-state index is 0.390. The third-order valence-corrected chi connectivity index (χ3v) is 3.73. The van der Waals surface area contributed by atoms with E-state index in [1.54, 1.807) is 0 Å². The van der Waals surface area contributed by atoms with Gasteiger partial charge in [0.15, 0.2) is 0 Å². The van der Waals surface area contributed by atoms with Crippen LogP contribution in [0.2, 0.25) is 0 Å². The third kappa shape index (κ3) is 1.80. The van der Waals surface area contributed by atoms with Crippen molar-refractivity contribution in [3.8, 4) is 5.75 Å². The maximum Gasteiger partial charge on any atom is 0.123 e. The minimum Gasteiger partial charge on any atom is -0.492 e. The number of ether oxygens (including phenoxy) is 1. The van der Waals surface area contributed by atoms with E-state index < -0.39 is 0 Å². The Labute approximate surface area is 108 Å². The molecule has 18 heavy (non-hydrogen) atoms. The van der Waals surface area contributed by atoms with E-state index in [4.69, 9.17) is 4.74 Å². The highest BCUT2D eigenvalue weighted by Crippen LogP contribution is 2.40. The summed E-state index contributed by atoms with van der Waals surface area (Å²) in [5.41, 5.74) is 6.64. The maximum absolute atomic E-state index is 5.86. The lowest BCUT2D eigenvalue weighted by Crippen LogP contribution is -2.03. The van der Waals surface area contributed by atoms with Crippen LogP contribution < -0.4 is 4.74 Å². The van der Waals surface area contributed by atoms with Crippen LogP contribution in [0.1, 0.15) is 33.7 Å². The van der Waals surface area contributed by atoms with E-state index >= 15 is 0 Å². The number of hydrogen-bond acceptors (Lipinski definition) is 1. The van der Waals surface area contributed by atoms with Crippen molar-refractivity contribution >= 4 is 0 Å². The van der Waals surface area contributed by atoms with E-state index in [0.717, 1.165) is 12.4 Å². The molecule has 0 radical (unpaired) electrons. The van der Waals surface area contributed by atoms with Crippen LogP contribution in [0.25, 0.3) is 0 Å². The van der Waals surface area contributed by atoms with E-state index in [0.29, 0.717) is 5.92 Å². The molecule has 3 rings (SSSR count). The van der Waals surface area contributed by atoms with E-state index in [1.807, 2.05) is 0 Å². The summed E-state index contributed by atoms with van der Waals surface area (Å²) in [6, 6.07) is 13.2. The Bertz CT molecular complexity index is 581. The summed E-state index contributed by atoms with van der Waals surface area (Å²) in [5.74, 6) is 1.46. The molecule has 1 aliphatic rings. The van der Waals surface area contributed by atoms with Gasteiger partial charge in [0.05, 0.1) is 6.61 Å². The van der Waals surface area contributed by atoms with Crippen LogP contribution in [0.3, 0.4) is 0 Å². The summed E-state index contributed by atoms with van der Waals surface area (Å²) in [6.45, 7) is 7.19. The summed E-state index contributed by atoms with van der Waals surface area (Å²) in [7, 11) is 0. The molecule has 1 atom stereocenters. The van der Waals surface area contributed by atoms with Gasteiger partial charge in [0.25, 0.3) is 0 Å². The molecule has 2 aromatic rings. The second-order valence-electron chi connectivity index (χ2n) is 5.27. The second-order valence-corrected chi connectivity index (χ2v) is 5.27. The average Bonchev–Trinajstić information content (AvgIpc) is 2.74. The fourth-order valence-electron chi connectivity index (χ4n) is 2.82. The molecular formula is C17H18O. The fraction of sp³-hybridized carbons (Fsp3) is 0.294. The second kappa shape index (κ2) is 4.16. The minimum absolute atomic E-state index is 0.390. The third-order valence-electron chi connectivity index (χ3n) is 3.73. The molecule has 0 aromatic heterocycles. The molecule has 0 aliphatic carbocycles. The zero-order chi connectivity index (χ0) is 12.7. The van der Waals surface area contributed by atoms with Crippen LogP contribution in [0.5, 0.6) is 5.75 Å². The summed E-state index contributed by atoms with van der Waals surface area (Å²) < 4.78 is 5.86. The van der Waals surface area contributed by atoms with Crippen LogP contribution in [0.4, 0.5) is 0 Å². The highest BCUT2D eigenvalue weighted by Gasteiger charge is 2.27. The fourth-order valence-corrected chi connectivity index (χ4v) is 2.82. The van der Waals surface area contributed by atoms with Gasteiger partial charge in [0, 0.05) is 11.5 Å². The molecule has 0 bridgehead atoms. The highest BCUT2D eigenvalue weighted by atomic mass is 16.5. The van der Waals surface area contributed by atoms with E-state index in [-0.39, 0.29) is 0 Å². The highest BCUT2D eigenvalue weighted by molar-refractivity contribution is 5.51. The monoisotopic (exact) mass is 238 g/mol. The van der Waals surface area contributed by atoms with Gasteiger partial charge in [-0.05, 0) is 43.5 Å². The quantitative estimate of drug-likeness (QED) is 0.725. The normalized spacial score (nSPS) is 17.4. The number of rotatable bonds is 1. The van der Waals surface area contributed by atoms with Gasteiger partial charge in [-0.3, -0.25) is 0 Å². The number of hydrogen-bond donors (Lipinski definition) is 0. The Morgan fingerprint density at radius 2 is 1.67 bits per heavy atom. The Kier molecular flexibility index (Phi) is 2.62. The molecule has 0 N–H and O–H groups in total. The van der Waals surface area contributed by atoms with Crippen molar-refractivity contribution in [3.63, 3.8) is 0 Å². The topological polar surface area (TPSA) is 9.23 Å². The maximum atomic E-state index is 5.86. The summed E-state index contributed by atoms with van der Waals surface area (Å²) in [5, 5.41) is 0. The first kappa shape index (κ1) is 11.3. The van der Waals surface area contributed by atoms with Crippen molar-refractivity contribution in [1.29, 1.82) is 0 Å².